The lowest BCUT2D eigenvalue weighted by molar-refractivity contribution is 1.00. The van der Waals surface area contributed by atoms with Crippen molar-refractivity contribution < 1.29 is 0 Å². The van der Waals surface area contributed by atoms with Gasteiger partial charge in [-0.05, 0) is 18.6 Å². The van der Waals surface area contributed by atoms with Crippen molar-refractivity contribution in [2.24, 2.45) is 4.99 Å². The molecule has 0 atom stereocenters. The molecule has 2 nitrogen and oxygen atoms in total. The first-order chi connectivity index (χ1) is 6.36. The van der Waals surface area contributed by atoms with Gasteiger partial charge in [0.05, 0.1) is 5.69 Å². The molecule has 0 amide bonds. The van der Waals surface area contributed by atoms with Gasteiger partial charge in [-0.1, -0.05) is 17.7 Å². The zero-order valence-corrected chi connectivity index (χ0v) is 7.83. The number of nitrogens with zero attached hydrogens (tertiary/aromatic N) is 2. The fourth-order valence-corrected chi connectivity index (χ4v) is 1.40. The Kier molecular flexibility index (Phi) is 2.41. The van der Waals surface area contributed by atoms with Crippen molar-refractivity contribution in [3.8, 4) is 0 Å². The van der Waals surface area contributed by atoms with Crippen LogP contribution in [0.25, 0.3) is 5.57 Å². The first-order valence-electron chi connectivity index (χ1n) is 4.18. The SMILES string of the molecule is Clc1ccnc(C2=CCCN=C2)c1. The van der Waals surface area contributed by atoms with Gasteiger partial charge in [0.25, 0.3) is 0 Å². The van der Waals surface area contributed by atoms with Crippen molar-refractivity contribution >= 4 is 23.4 Å². The molecule has 0 fully saturated rings. The molecular weight excluding hydrogens is 184 g/mol. The van der Waals surface area contributed by atoms with E-state index in [0.717, 1.165) is 24.2 Å². The molecular formula is C10H9ClN2. The quantitative estimate of drug-likeness (QED) is 0.672. The number of halogens is 1. The second kappa shape index (κ2) is 3.71. The Balaban J connectivity index is 2.35. The highest BCUT2D eigenvalue weighted by atomic mass is 35.5. The summed E-state index contributed by atoms with van der Waals surface area (Å²) in [5.41, 5.74) is 1.96. The maximum atomic E-state index is 5.85. The number of dihydropyridines is 1. The Morgan fingerprint density at radius 2 is 2.31 bits per heavy atom. The van der Waals surface area contributed by atoms with E-state index >= 15 is 0 Å². The summed E-state index contributed by atoms with van der Waals surface area (Å²) >= 11 is 5.85. The zero-order valence-electron chi connectivity index (χ0n) is 7.07. The van der Waals surface area contributed by atoms with Crippen LogP contribution in [0.2, 0.25) is 5.02 Å². The molecule has 0 aromatic carbocycles. The first kappa shape index (κ1) is 8.45. The van der Waals surface area contributed by atoms with Crippen LogP contribution in [0.4, 0.5) is 0 Å². The third-order valence-corrected chi connectivity index (χ3v) is 2.11. The molecule has 2 rings (SSSR count). The van der Waals surface area contributed by atoms with Crippen LogP contribution >= 0.6 is 11.6 Å². The number of pyridine rings is 1. The average Bonchev–Trinajstić information content (AvgIpc) is 2.19. The number of allylic oxidation sites excluding steroid dienone is 1. The Labute approximate surface area is 82.0 Å². The average molecular weight is 193 g/mol. The van der Waals surface area contributed by atoms with Crippen molar-refractivity contribution in [3.05, 3.63) is 35.1 Å². The molecule has 0 saturated heterocycles. The number of rotatable bonds is 1. The van der Waals surface area contributed by atoms with Crippen LogP contribution in [0.3, 0.4) is 0 Å². The number of hydrogen-bond acceptors (Lipinski definition) is 2. The van der Waals surface area contributed by atoms with E-state index in [-0.39, 0.29) is 0 Å². The topological polar surface area (TPSA) is 25.2 Å². The maximum Gasteiger partial charge on any atom is 0.0728 e. The smallest absolute Gasteiger partial charge is 0.0728 e. The molecule has 0 N–H and O–H groups in total. The molecule has 1 aromatic rings. The lowest BCUT2D eigenvalue weighted by atomic mass is 10.1. The predicted octanol–water partition coefficient (Wildman–Crippen LogP) is 2.59. The van der Waals surface area contributed by atoms with Gasteiger partial charge in [-0.25, -0.2) is 0 Å². The van der Waals surface area contributed by atoms with Crippen molar-refractivity contribution in [1.29, 1.82) is 0 Å². The highest BCUT2D eigenvalue weighted by molar-refractivity contribution is 6.30. The van der Waals surface area contributed by atoms with E-state index in [9.17, 15) is 0 Å². The highest BCUT2D eigenvalue weighted by Gasteiger charge is 2.03. The number of hydrogen-bond donors (Lipinski definition) is 0. The molecule has 0 spiro atoms. The van der Waals surface area contributed by atoms with Gasteiger partial charge in [0, 0.05) is 29.6 Å². The van der Waals surface area contributed by atoms with E-state index < -0.39 is 0 Å². The molecule has 0 bridgehead atoms. The molecule has 66 valence electrons. The summed E-state index contributed by atoms with van der Waals surface area (Å²) < 4.78 is 0. The van der Waals surface area contributed by atoms with Gasteiger partial charge in [-0.2, -0.15) is 0 Å². The van der Waals surface area contributed by atoms with Gasteiger partial charge in [0.1, 0.15) is 0 Å². The molecule has 1 aliphatic rings. The fraction of sp³-hybridized carbons (Fsp3) is 0.200. The van der Waals surface area contributed by atoms with Crippen LogP contribution in [0.1, 0.15) is 12.1 Å². The van der Waals surface area contributed by atoms with E-state index in [1.54, 1.807) is 12.3 Å². The minimum Gasteiger partial charge on any atom is -0.292 e. The number of aromatic nitrogens is 1. The van der Waals surface area contributed by atoms with Crippen molar-refractivity contribution in [1.82, 2.24) is 4.98 Å². The normalized spacial score (nSPS) is 15.6. The molecule has 2 heterocycles. The lowest BCUT2D eigenvalue weighted by Crippen LogP contribution is -1.96. The summed E-state index contributed by atoms with van der Waals surface area (Å²) in [6.45, 7) is 0.879. The Bertz CT molecular complexity index is 369. The molecule has 0 aliphatic carbocycles. The highest BCUT2D eigenvalue weighted by Crippen LogP contribution is 2.16. The molecule has 1 aromatic heterocycles. The lowest BCUT2D eigenvalue weighted by Gasteiger charge is -2.05. The fourth-order valence-electron chi connectivity index (χ4n) is 1.24. The van der Waals surface area contributed by atoms with Gasteiger partial charge < -0.3 is 0 Å². The van der Waals surface area contributed by atoms with Gasteiger partial charge in [0.2, 0.25) is 0 Å². The Hall–Kier alpha value is -1.15. The van der Waals surface area contributed by atoms with Gasteiger partial charge in [0.15, 0.2) is 0 Å². The largest absolute Gasteiger partial charge is 0.292 e. The molecule has 0 saturated carbocycles. The molecule has 3 heteroatoms. The second-order valence-electron chi connectivity index (χ2n) is 2.84. The summed E-state index contributed by atoms with van der Waals surface area (Å²) in [4.78, 5) is 8.41. The standard InChI is InChI=1S/C10H9ClN2/c11-9-3-5-13-10(6-9)8-2-1-4-12-7-8/h2-3,5-7H,1,4H2. The first-order valence-corrected chi connectivity index (χ1v) is 4.56. The van der Waals surface area contributed by atoms with E-state index in [0.29, 0.717) is 5.02 Å². The predicted molar refractivity (Wildman–Crippen MR) is 55.2 cm³/mol. The van der Waals surface area contributed by atoms with Crippen LogP contribution in [0.5, 0.6) is 0 Å². The van der Waals surface area contributed by atoms with Gasteiger partial charge >= 0.3 is 0 Å². The van der Waals surface area contributed by atoms with E-state index in [2.05, 4.69) is 16.1 Å². The Morgan fingerprint density at radius 3 is 3.00 bits per heavy atom. The van der Waals surface area contributed by atoms with E-state index in [1.807, 2.05) is 12.3 Å². The summed E-state index contributed by atoms with van der Waals surface area (Å²) in [7, 11) is 0. The third-order valence-electron chi connectivity index (χ3n) is 1.87. The van der Waals surface area contributed by atoms with Crippen LogP contribution < -0.4 is 0 Å². The monoisotopic (exact) mass is 192 g/mol. The second-order valence-corrected chi connectivity index (χ2v) is 3.28. The van der Waals surface area contributed by atoms with Crippen LogP contribution in [0.15, 0.2) is 29.4 Å². The van der Waals surface area contributed by atoms with Crippen LogP contribution in [-0.2, 0) is 0 Å². The molecule has 1 aliphatic heterocycles. The summed E-state index contributed by atoms with van der Waals surface area (Å²) in [6, 6.07) is 3.62. The summed E-state index contributed by atoms with van der Waals surface area (Å²) in [5, 5.41) is 0.713. The van der Waals surface area contributed by atoms with Gasteiger partial charge in [-0.3, -0.25) is 9.98 Å². The van der Waals surface area contributed by atoms with Crippen molar-refractivity contribution in [2.75, 3.05) is 6.54 Å². The molecule has 13 heavy (non-hydrogen) atoms. The third kappa shape index (κ3) is 1.95. The van der Waals surface area contributed by atoms with Crippen LogP contribution in [0, 0.1) is 0 Å². The van der Waals surface area contributed by atoms with E-state index in [1.165, 1.54) is 0 Å². The van der Waals surface area contributed by atoms with E-state index in [4.69, 9.17) is 11.6 Å². The summed E-state index contributed by atoms with van der Waals surface area (Å²) in [6.07, 6.45) is 6.68. The minimum absolute atomic E-state index is 0.713. The maximum absolute atomic E-state index is 5.85. The minimum atomic E-state index is 0.713. The summed E-state index contributed by atoms with van der Waals surface area (Å²) in [5.74, 6) is 0. The zero-order chi connectivity index (χ0) is 9.10. The van der Waals surface area contributed by atoms with Crippen molar-refractivity contribution in [2.45, 2.75) is 6.42 Å². The number of aliphatic imine (C=N–C) groups is 1. The van der Waals surface area contributed by atoms with Crippen molar-refractivity contribution in [3.63, 3.8) is 0 Å². The molecule has 0 radical (unpaired) electrons. The van der Waals surface area contributed by atoms with Gasteiger partial charge in [-0.15, -0.1) is 0 Å². The Morgan fingerprint density at radius 1 is 1.38 bits per heavy atom. The molecule has 0 unspecified atom stereocenters. The van der Waals surface area contributed by atoms with Crippen LogP contribution in [-0.4, -0.2) is 17.7 Å².